The Morgan fingerprint density at radius 1 is 1.00 bits per heavy atom. The molecule has 0 atom stereocenters. The molecular formula is C12H4Cl3F3IN. The van der Waals surface area contributed by atoms with E-state index in [1.54, 1.807) is 22.6 Å². The molecule has 2 rings (SSSR count). The summed E-state index contributed by atoms with van der Waals surface area (Å²) in [7, 11) is 0. The molecule has 0 aliphatic rings. The predicted molar refractivity (Wildman–Crippen MR) is 82.4 cm³/mol. The molecule has 1 heterocycles. The lowest BCUT2D eigenvalue weighted by molar-refractivity contribution is -0.137. The van der Waals surface area contributed by atoms with Crippen molar-refractivity contribution in [2.45, 2.75) is 6.18 Å². The number of hydrogen-bond acceptors (Lipinski definition) is 1. The molecule has 0 fully saturated rings. The van der Waals surface area contributed by atoms with Gasteiger partial charge in [0.05, 0.1) is 21.3 Å². The fraction of sp³-hybridized carbons (Fsp3) is 0.0833. The highest BCUT2D eigenvalue weighted by Crippen LogP contribution is 2.39. The molecule has 2 aromatic rings. The number of rotatable bonds is 1. The van der Waals surface area contributed by atoms with E-state index in [0.717, 1.165) is 12.3 Å². The van der Waals surface area contributed by atoms with E-state index in [1.807, 2.05) is 0 Å². The summed E-state index contributed by atoms with van der Waals surface area (Å²) >= 11 is 19.6. The van der Waals surface area contributed by atoms with E-state index in [9.17, 15) is 13.2 Å². The maximum absolute atomic E-state index is 12.6. The lowest BCUT2D eigenvalue weighted by Crippen LogP contribution is -2.06. The van der Waals surface area contributed by atoms with Gasteiger partial charge in [-0.2, -0.15) is 13.2 Å². The van der Waals surface area contributed by atoms with Crippen molar-refractivity contribution in [3.05, 3.63) is 48.6 Å². The van der Waals surface area contributed by atoms with Crippen LogP contribution in [0.4, 0.5) is 13.2 Å². The Kier molecular flexibility index (Phi) is 4.73. The molecule has 0 unspecified atom stereocenters. The number of alkyl halides is 3. The van der Waals surface area contributed by atoms with Gasteiger partial charge in [-0.1, -0.05) is 34.8 Å². The summed E-state index contributed by atoms with van der Waals surface area (Å²) in [6.07, 6.45) is -3.70. The number of hydrogen-bond donors (Lipinski definition) is 0. The monoisotopic (exact) mass is 451 g/mol. The van der Waals surface area contributed by atoms with Crippen molar-refractivity contribution < 1.29 is 13.2 Å². The number of benzene rings is 1. The molecule has 0 N–H and O–H groups in total. The summed E-state index contributed by atoms with van der Waals surface area (Å²) in [5, 5.41) is 0.797. The normalized spacial score (nSPS) is 11.8. The molecule has 0 bridgehead atoms. The predicted octanol–water partition coefficient (Wildman–Crippen LogP) is 6.33. The summed E-state index contributed by atoms with van der Waals surface area (Å²) in [5.41, 5.74) is -0.187. The second-order valence-corrected chi connectivity index (χ2v) is 6.21. The molecule has 0 saturated carbocycles. The molecule has 0 amide bonds. The minimum absolute atomic E-state index is 0.229. The van der Waals surface area contributed by atoms with Crippen molar-refractivity contribution in [3.8, 4) is 11.3 Å². The zero-order chi connectivity index (χ0) is 15.1. The maximum atomic E-state index is 12.6. The third kappa shape index (κ3) is 3.32. The van der Waals surface area contributed by atoms with E-state index in [0.29, 0.717) is 14.2 Å². The largest absolute Gasteiger partial charge is 0.417 e. The van der Waals surface area contributed by atoms with Gasteiger partial charge in [0.15, 0.2) is 0 Å². The molecule has 106 valence electrons. The zero-order valence-electron chi connectivity index (χ0n) is 9.40. The van der Waals surface area contributed by atoms with E-state index in [-0.39, 0.29) is 15.7 Å². The highest BCUT2D eigenvalue weighted by atomic mass is 127. The van der Waals surface area contributed by atoms with E-state index >= 15 is 0 Å². The number of aromatic nitrogens is 1. The van der Waals surface area contributed by atoms with E-state index in [4.69, 9.17) is 34.8 Å². The summed E-state index contributed by atoms with van der Waals surface area (Å²) in [6.45, 7) is 0. The first-order valence-electron chi connectivity index (χ1n) is 5.08. The molecule has 1 nitrogen and oxygen atoms in total. The van der Waals surface area contributed by atoms with Crippen LogP contribution in [-0.2, 0) is 6.18 Å². The van der Waals surface area contributed by atoms with Crippen LogP contribution in [0.25, 0.3) is 11.3 Å². The van der Waals surface area contributed by atoms with Gasteiger partial charge in [-0.15, -0.1) is 0 Å². The first-order valence-corrected chi connectivity index (χ1v) is 7.29. The third-order valence-corrected chi connectivity index (χ3v) is 4.05. The Hall–Kier alpha value is -0.240. The average molecular weight is 452 g/mol. The Labute approximate surface area is 141 Å². The van der Waals surface area contributed by atoms with Crippen LogP contribution in [0.3, 0.4) is 0 Å². The van der Waals surface area contributed by atoms with Crippen molar-refractivity contribution in [2.24, 2.45) is 0 Å². The summed E-state index contributed by atoms with van der Waals surface area (Å²) in [6, 6.07) is 3.91. The smallest absolute Gasteiger partial charge is 0.254 e. The van der Waals surface area contributed by atoms with Crippen LogP contribution >= 0.6 is 57.4 Å². The number of halogens is 7. The van der Waals surface area contributed by atoms with Gasteiger partial charge in [-0.05, 0) is 40.8 Å². The second kappa shape index (κ2) is 5.87. The highest BCUT2D eigenvalue weighted by molar-refractivity contribution is 14.1. The Morgan fingerprint density at radius 2 is 1.55 bits per heavy atom. The molecule has 1 aromatic carbocycles. The molecule has 8 heteroatoms. The quantitative estimate of drug-likeness (QED) is 0.461. The van der Waals surface area contributed by atoms with Gasteiger partial charge in [0, 0.05) is 20.4 Å². The first kappa shape index (κ1) is 16.1. The fourth-order valence-electron chi connectivity index (χ4n) is 1.55. The summed E-state index contributed by atoms with van der Waals surface area (Å²) in [5.74, 6) is 0. The van der Waals surface area contributed by atoms with Crippen LogP contribution in [0.5, 0.6) is 0 Å². The minimum atomic E-state index is -4.45. The van der Waals surface area contributed by atoms with Gasteiger partial charge in [-0.3, -0.25) is 4.98 Å². The maximum Gasteiger partial charge on any atom is 0.417 e. The van der Waals surface area contributed by atoms with Gasteiger partial charge in [0.25, 0.3) is 0 Å². The molecule has 0 spiro atoms. The summed E-state index contributed by atoms with van der Waals surface area (Å²) < 4.78 is 38.1. The van der Waals surface area contributed by atoms with E-state index < -0.39 is 11.7 Å². The molecule has 1 aromatic heterocycles. The van der Waals surface area contributed by atoms with E-state index in [1.165, 1.54) is 12.1 Å². The topological polar surface area (TPSA) is 12.9 Å². The van der Waals surface area contributed by atoms with Crippen LogP contribution in [0, 0.1) is 3.57 Å². The standard InChI is InChI=1S/C12H4Cl3F3IN/c13-6-2-7(14)10(8(15)3-6)11-9(19)1-5(4-20-11)12(16,17)18/h1-4H. The van der Waals surface area contributed by atoms with Gasteiger partial charge in [0.1, 0.15) is 0 Å². The summed E-state index contributed by atoms with van der Waals surface area (Å²) in [4.78, 5) is 3.83. The molecule has 20 heavy (non-hydrogen) atoms. The number of pyridine rings is 1. The zero-order valence-corrected chi connectivity index (χ0v) is 13.8. The van der Waals surface area contributed by atoms with Crippen LogP contribution in [-0.4, -0.2) is 4.98 Å². The van der Waals surface area contributed by atoms with Gasteiger partial charge < -0.3 is 0 Å². The molecule has 0 aliphatic carbocycles. The van der Waals surface area contributed by atoms with Crippen LogP contribution in [0.2, 0.25) is 15.1 Å². The van der Waals surface area contributed by atoms with Crippen LogP contribution in [0.1, 0.15) is 5.56 Å². The Morgan fingerprint density at radius 3 is 2.00 bits per heavy atom. The Balaban J connectivity index is 2.61. The molecule has 0 aliphatic heterocycles. The van der Waals surface area contributed by atoms with Gasteiger partial charge in [0.2, 0.25) is 0 Å². The lowest BCUT2D eigenvalue weighted by atomic mass is 10.1. The molecule has 0 radical (unpaired) electrons. The fourth-order valence-corrected chi connectivity index (χ4v) is 3.29. The van der Waals surface area contributed by atoms with Crippen molar-refractivity contribution in [2.75, 3.05) is 0 Å². The SMILES string of the molecule is FC(F)(F)c1cnc(-c2c(Cl)cc(Cl)cc2Cl)c(I)c1. The molecular weight excluding hydrogens is 448 g/mol. The first-order chi connectivity index (χ1) is 9.20. The van der Waals surface area contributed by atoms with Crippen molar-refractivity contribution >= 4 is 57.4 Å². The van der Waals surface area contributed by atoms with Crippen molar-refractivity contribution in [1.29, 1.82) is 0 Å². The third-order valence-electron chi connectivity index (χ3n) is 2.41. The van der Waals surface area contributed by atoms with Gasteiger partial charge >= 0.3 is 6.18 Å². The average Bonchev–Trinajstić information content (AvgIpc) is 2.28. The van der Waals surface area contributed by atoms with Crippen molar-refractivity contribution in [3.63, 3.8) is 0 Å². The van der Waals surface area contributed by atoms with Crippen molar-refractivity contribution in [1.82, 2.24) is 4.98 Å². The minimum Gasteiger partial charge on any atom is -0.254 e. The number of nitrogens with zero attached hydrogens (tertiary/aromatic N) is 1. The highest BCUT2D eigenvalue weighted by Gasteiger charge is 2.31. The van der Waals surface area contributed by atoms with Crippen LogP contribution < -0.4 is 0 Å². The molecule has 0 saturated heterocycles. The Bertz CT molecular complexity index is 650. The second-order valence-electron chi connectivity index (χ2n) is 3.80. The van der Waals surface area contributed by atoms with Gasteiger partial charge in [-0.25, -0.2) is 0 Å². The van der Waals surface area contributed by atoms with E-state index in [2.05, 4.69) is 4.98 Å². The lowest BCUT2D eigenvalue weighted by Gasteiger charge is -2.12. The van der Waals surface area contributed by atoms with Crippen LogP contribution in [0.15, 0.2) is 24.4 Å².